The average Bonchev–Trinajstić information content (AvgIpc) is 3.20. The zero-order valence-corrected chi connectivity index (χ0v) is 18.9. The molecule has 0 aliphatic rings. The highest BCUT2D eigenvalue weighted by atomic mass is 32.2. The molecule has 0 saturated heterocycles. The number of hydrogen-bond donors (Lipinski definition) is 1. The van der Waals surface area contributed by atoms with Gasteiger partial charge >= 0.3 is 5.97 Å². The number of aromatic nitrogens is 3. The molecule has 0 saturated carbocycles. The van der Waals surface area contributed by atoms with Crippen molar-refractivity contribution in [3.63, 3.8) is 0 Å². The molecule has 0 radical (unpaired) electrons. The first-order valence-electron chi connectivity index (χ1n) is 9.97. The molecule has 0 aliphatic carbocycles. The number of aryl methyl sites for hydroxylation is 1. The van der Waals surface area contributed by atoms with Crippen LogP contribution in [0.5, 0.6) is 0 Å². The van der Waals surface area contributed by atoms with Crippen LogP contribution in [0, 0.1) is 6.92 Å². The molecule has 31 heavy (non-hydrogen) atoms. The Bertz CT molecular complexity index is 1070. The summed E-state index contributed by atoms with van der Waals surface area (Å²) in [6.07, 6.45) is 0. The van der Waals surface area contributed by atoms with Crippen molar-refractivity contribution in [2.45, 2.75) is 38.0 Å². The zero-order chi connectivity index (χ0) is 22.4. The van der Waals surface area contributed by atoms with Crippen molar-refractivity contribution in [1.29, 1.82) is 0 Å². The van der Waals surface area contributed by atoms with Crippen molar-refractivity contribution in [1.82, 2.24) is 20.1 Å². The lowest BCUT2D eigenvalue weighted by Crippen LogP contribution is -2.50. The molecular formula is C23H26N4O3S. The first-order chi connectivity index (χ1) is 14.9. The molecule has 1 heterocycles. The SMILES string of the molecule is CCn1c(SCC(=O)NC(C)(C(=O)OC)c2ccccc2)nnc1-c1ccccc1C. The highest BCUT2D eigenvalue weighted by Gasteiger charge is 2.38. The van der Waals surface area contributed by atoms with Gasteiger partial charge in [-0.1, -0.05) is 66.4 Å². The minimum atomic E-state index is -1.28. The van der Waals surface area contributed by atoms with E-state index in [9.17, 15) is 9.59 Å². The summed E-state index contributed by atoms with van der Waals surface area (Å²) in [7, 11) is 1.31. The fraction of sp³-hybridized carbons (Fsp3) is 0.304. The summed E-state index contributed by atoms with van der Waals surface area (Å²) in [5, 5.41) is 12.1. The Balaban J connectivity index is 1.76. The number of carbonyl (C=O) groups excluding carboxylic acids is 2. The lowest BCUT2D eigenvalue weighted by atomic mass is 9.92. The second-order valence-electron chi connectivity index (χ2n) is 7.18. The van der Waals surface area contributed by atoms with Crippen LogP contribution in [-0.2, 0) is 26.4 Å². The van der Waals surface area contributed by atoms with E-state index in [1.54, 1.807) is 19.1 Å². The molecule has 0 bridgehead atoms. The van der Waals surface area contributed by atoms with Crippen LogP contribution in [0.4, 0.5) is 0 Å². The van der Waals surface area contributed by atoms with Crippen LogP contribution in [0.25, 0.3) is 11.4 Å². The Kier molecular flexibility index (Phi) is 7.12. The van der Waals surface area contributed by atoms with Gasteiger partial charge in [-0.25, -0.2) is 4.79 Å². The van der Waals surface area contributed by atoms with Gasteiger partial charge in [0.1, 0.15) is 0 Å². The Morgan fingerprint density at radius 1 is 1.10 bits per heavy atom. The van der Waals surface area contributed by atoms with Crippen LogP contribution in [-0.4, -0.2) is 39.5 Å². The van der Waals surface area contributed by atoms with Gasteiger partial charge in [-0.15, -0.1) is 10.2 Å². The van der Waals surface area contributed by atoms with E-state index in [0.717, 1.165) is 17.0 Å². The van der Waals surface area contributed by atoms with Crippen molar-refractivity contribution in [2.75, 3.05) is 12.9 Å². The molecule has 0 fully saturated rings. The van der Waals surface area contributed by atoms with Crippen LogP contribution < -0.4 is 5.32 Å². The number of rotatable bonds is 8. The molecule has 8 heteroatoms. The number of hydrogen-bond acceptors (Lipinski definition) is 6. The lowest BCUT2D eigenvalue weighted by Gasteiger charge is -2.28. The smallest absolute Gasteiger partial charge is 0.336 e. The van der Waals surface area contributed by atoms with E-state index in [2.05, 4.69) is 15.5 Å². The molecule has 1 atom stereocenters. The Hall–Kier alpha value is -3.13. The van der Waals surface area contributed by atoms with Crippen molar-refractivity contribution >= 4 is 23.6 Å². The maximum atomic E-state index is 12.8. The van der Waals surface area contributed by atoms with E-state index < -0.39 is 11.5 Å². The summed E-state index contributed by atoms with van der Waals surface area (Å²) >= 11 is 1.28. The molecule has 0 spiro atoms. The average molecular weight is 439 g/mol. The van der Waals surface area contributed by atoms with Gasteiger partial charge in [0.2, 0.25) is 5.91 Å². The Labute approximate surface area is 186 Å². The number of benzene rings is 2. The number of nitrogens with one attached hydrogen (secondary N) is 1. The van der Waals surface area contributed by atoms with Gasteiger partial charge in [0.15, 0.2) is 16.5 Å². The van der Waals surface area contributed by atoms with E-state index in [-0.39, 0.29) is 11.7 Å². The second kappa shape index (κ2) is 9.78. The predicted molar refractivity (Wildman–Crippen MR) is 121 cm³/mol. The zero-order valence-electron chi connectivity index (χ0n) is 18.1. The first kappa shape index (κ1) is 22.6. The third-order valence-electron chi connectivity index (χ3n) is 5.09. The maximum Gasteiger partial charge on any atom is 0.336 e. The molecule has 1 amide bonds. The summed E-state index contributed by atoms with van der Waals surface area (Å²) in [6.45, 7) is 6.35. The summed E-state index contributed by atoms with van der Waals surface area (Å²) in [6, 6.07) is 17.0. The number of ether oxygens (including phenoxy) is 1. The quantitative estimate of drug-likeness (QED) is 0.427. The van der Waals surface area contributed by atoms with Crippen LogP contribution in [0.15, 0.2) is 59.8 Å². The highest BCUT2D eigenvalue weighted by Crippen LogP contribution is 2.27. The van der Waals surface area contributed by atoms with Gasteiger partial charge in [-0.3, -0.25) is 4.79 Å². The van der Waals surface area contributed by atoms with Gasteiger partial charge in [-0.2, -0.15) is 0 Å². The molecule has 3 aromatic rings. The van der Waals surface area contributed by atoms with E-state index >= 15 is 0 Å². The molecule has 0 aliphatic heterocycles. The molecule has 7 nitrogen and oxygen atoms in total. The van der Waals surface area contributed by atoms with Gasteiger partial charge in [0.05, 0.1) is 12.9 Å². The number of nitrogens with zero attached hydrogens (tertiary/aromatic N) is 3. The Morgan fingerprint density at radius 3 is 2.42 bits per heavy atom. The van der Waals surface area contributed by atoms with E-state index in [1.165, 1.54) is 18.9 Å². The van der Waals surface area contributed by atoms with Gasteiger partial charge < -0.3 is 14.6 Å². The highest BCUT2D eigenvalue weighted by molar-refractivity contribution is 7.99. The minimum Gasteiger partial charge on any atom is -0.467 e. The fourth-order valence-electron chi connectivity index (χ4n) is 3.37. The van der Waals surface area contributed by atoms with E-state index in [0.29, 0.717) is 17.3 Å². The van der Waals surface area contributed by atoms with Crippen LogP contribution in [0.1, 0.15) is 25.0 Å². The maximum absolute atomic E-state index is 12.8. The van der Waals surface area contributed by atoms with E-state index in [1.807, 2.05) is 60.9 Å². The molecule has 1 aromatic heterocycles. The fourth-order valence-corrected chi connectivity index (χ4v) is 4.17. The molecular weight excluding hydrogens is 412 g/mol. The lowest BCUT2D eigenvalue weighted by molar-refractivity contribution is -0.150. The summed E-state index contributed by atoms with van der Waals surface area (Å²) in [5.74, 6) is 0.0263. The minimum absolute atomic E-state index is 0.0886. The Morgan fingerprint density at radius 2 is 1.77 bits per heavy atom. The number of carbonyl (C=O) groups is 2. The van der Waals surface area contributed by atoms with Crippen molar-refractivity contribution < 1.29 is 14.3 Å². The summed E-state index contributed by atoms with van der Waals surface area (Å²) in [4.78, 5) is 25.2. The van der Waals surface area contributed by atoms with Gasteiger partial charge in [-0.05, 0) is 31.9 Å². The summed E-state index contributed by atoms with van der Waals surface area (Å²) < 4.78 is 6.93. The second-order valence-corrected chi connectivity index (χ2v) is 8.13. The van der Waals surface area contributed by atoms with Crippen LogP contribution in [0.2, 0.25) is 0 Å². The molecule has 162 valence electrons. The number of amides is 1. The van der Waals surface area contributed by atoms with Gasteiger partial charge in [0, 0.05) is 12.1 Å². The third kappa shape index (κ3) is 4.80. The number of thioether (sulfide) groups is 1. The third-order valence-corrected chi connectivity index (χ3v) is 6.05. The van der Waals surface area contributed by atoms with Crippen molar-refractivity contribution in [3.05, 3.63) is 65.7 Å². The van der Waals surface area contributed by atoms with Crippen LogP contribution >= 0.6 is 11.8 Å². The number of esters is 1. The predicted octanol–water partition coefficient (Wildman–Crippen LogP) is 3.57. The summed E-state index contributed by atoms with van der Waals surface area (Å²) in [5.41, 5.74) is 1.49. The first-order valence-corrected chi connectivity index (χ1v) is 11.0. The van der Waals surface area contributed by atoms with E-state index in [4.69, 9.17) is 4.74 Å². The molecule has 1 N–H and O–H groups in total. The normalized spacial score (nSPS) is 12.8. The molecule has 1 unspecified atom stereocenters. The largest absolute Gasteiger partial charge is 0.467 e. The van der Waals surface area contributed by atoms with Gasteiger partial charge in [0.25, 0.3) is 0 Å². The standard InChI is InChI=1S/C23H26N4O3S/c1-5-27-20(18-14-10-9-11-16(18)2)25-26-22(27)31-15-19(28)24-23(3,21(29)30-4)17-12-7-6-8-13-17/h6-14H,5,15H2,1-4H3,(H,24,28). The number of methoxy groups -OCH3 is 1. The molecule has 2 aromatic carbocycles. The monoisotopic (exact) mass is 438 g/mol. The van der Waals surface area contributed by atoms with Crippen LogP contribution in [0.3, 0.4) is 0 Å². The van der Waals surface area contributed by atoms with Crippen molar-refractivity contribution in [2.24, 2.45) is 0 Å². The van der Waals surface area contributed by atoms with Crippen molar-refractivity contribution in [3.8, 4) is 11.4 Å². The molecule has 3 rings (SSSR count). The topological polar surface area (TPSA) is 86.1 Å².